The van der Waals surface area contributed by atoms with Crippen LogP contribution in [0.3, 0.4) is 0 Å². The summed E-state index contributed by atoms with van der Waals surface area (Å²) < 4.78 is 0. The molecule has 6 N–H and O–H groups in total. The van der Waals surface area contributed by atoms with E-state index in [9.17, 15) is 0 Å². The molecule has 6 heteroatoms. The van der Waals surface area contributed by atoms with Gasteiger partial charge < -0.3 is 5.73 Å². The number of rotatable bonds is 1. The van der Waals surface area contributed by atoms with Crippen molar-refractivity contribution in [2.24, 2.45) is 5.73 Å². The Morgan fingerprint density at radius 1 is 1.55 bits per heavy atom. The van der Waals surface area contributed by atoms with Gasteiger partial charge in [0.25, 0.3) is 5.84 Å². The van der Waals surface area contributed by atoms with Gasteiger partial charge in [-0.25, -0.2) is 0 Å². The van der Waals surface area contributed by atoms with Crippen molar-refractivity contribution in [2.75, 3.05) is 5.73 Å². The quantitative estimate of drug-likeness (QED) is 0.343. The Kier molecular flexibility index (Phi) is 1.91. The molecule has 1 heterocycles. The van der Waals surface area contributed by atoms with E-state index in [1.54, 1.807) is 0 Å². The molecule has 0 radical (unpaired) electrons. The maximum atomic E-state index is 5.51. The van der Waals surface area contributed by atoms with Gasteiger partial charge in [-0.1, -0.05) is 11.6 Å². The Bertz CT molecular complexity index is 297. The minimum atomic E-state index is 0.0827. The van der Waals surface area contributed by atoms with Crippen LogP contribution in [-0.4, -0.2) is 16.0 Å². The van der Waals surface area contributed by atoms with E-state index in [1.165, 1.54) is 6.07 Å². The molecule has 0 aliphatic carbocycles. The summed E-state index contributed by atoms with van der Waals surface area (Å²) in [6.45, 7) is 0. The van der Waals surface area contributed by atoms with Gasteiger partial charge in [0.2, 0.25) is 0 Å². The lowest BCUT2D eigenvalue weighted by Crippen LogP contribution is -2.46. The highest BCUT2D eigenvalue weighted by atomic mass is 35.5. The summed E-state index contributed by atoms with van der Waals surface area (Å²) >= 11 is 5.51. The molecular formula is C5H7ClN5+. The molecule has 11 heavy (non-hydrogen) atoms. The first-order chi connectivity index (χ1) is 5.11. The zero-order valence-corrected chi connectivity index (χ0v) is 6.34. The number of anilines is 1. The van der Waals surface area contributed by atoms with Gasteiger partial charge in [-0.05, 0) is 6.07 Å². The fourth-order valence-corrected chi connectivity index (χ4v) is 0.756. The lowest BCUT2D eigenvalue weighted by Gasteiger charge is -1.96. The Morgan fingerprint density at radius 3 is 2.64 bits per heavy atom. The van der Waals surface area contributed by atoms with Crippen molar-refractivity contribution in [2.45, 2.75) is 0 Å². The molecule has 0 saturated heterocycles. The molecule has 0 aliphatic rings. The zero-order chi connectivity index (χ0) is 8.43. The predicted molar refractivity (Wildman–Crippen MR) is 41.7 cm³/mol. The van der Waals surface area contributed by atoms with E-state index < -0.39 is 0 Å². The van der Waals surface area contributed by atoms with Crippen LogP contribution in [0.2, 0.25) is 5.15 Å². The average molecular weight is 173 g/mol. The number of hydrogen-bond acceptors (Lipinski definition) is 3. The Morgan fingerprint density at radius 2 is 2.18 bits per heavy atom. The number of nitrogens with zero attached hydrogens (tertiary/aromatic N) is 2. The predicted octanol–water partition coefficient (Wildman–Crippen LogP) is -1.82. The number of nitrogens with two attached hydrogens (primary N) is 3. The molecule has 0 aliphatic heterocycles. The average Bonchev–Trinajstić information content (AvgIpc) is 1.94. The number of halogens is 1. The van der Waals surface area contributed by atoms with Gasteiger partial charge in [0.05, 0.1) is 0 Å². The van der Waals surface area contributed by atoms with Crippen molar-refractivity contribution in [3.63, 3.8) is 0 Å². The summed E-state index contributed by atoms with van der Waals surface area (Å²) in [6, 6.07) is 1.46. The molecule has 0 saturated carbocycles. The maximum absolute atomic E-state index is 5.51. The zero-order valence-electron chi connectivity index (χ0n) is 5.58. The van der Waals surface area contributed by atoms with Crippen molar-refractivity contribution in [3.8, 4) is 0 Å². The highest BCUT2D eigenvalue weighted by Crippen LogP contribution is 2.09. The van der Waals surface area contributed by atoms with E-state index in [2.05, 4.69) is 10.2 Å². The second-order valence-corrected chi connectivity index (χ2v) is 2.31. The number of aromatic nitrogens is 2. The number of nitrogen functional groups attached to an aromatic ring is 1. The van der Waals surface area contributed by atoms with Crippen LogP contribution in [0.4, 0.5) is 5.82 Å². The normalized spacial score (nSPS) is 9.55. The monoisotopic (exact) mass is 172 g/mol. The third-order valence-corrected chi connectivity index (χ3v) is 1.29. The SMILES string of the molecule is NC(=[NH2+])c1cc(Cl)nnc1N. The fraction of sp³-hybridized carbons (Fsp3) is 0. The van der Waals surface area contributed by atoms with Crippen LogP contribution in [0.5, 0.6) is 0 Å². The van der Waals surface area contributed by atoms with Crippen LogP contribution in [0, 0.1) is 0 Å². The van der Waals surface area contributed by atoms with Crippen molar-refractivity contribution < 1.29 is 5.41 Å². The lowest BCUT2D eigenvalue weighted by molar-refractivity contribution is -0.114. The van der Waals surface area contributed by atoms with Gasteiger partial charge in [0.15, 0.2) is 11.0 Å². The smallest absolute Gasteiger partial charge is 0.274 e. The Balaban J connectivity index is 3.23. The number of hydrogen-bond donors (Lipinski definition) is 3. The van der Waals surface area contributed by atoms with E-state index in [4.69, 9.17) is 28.5 Å². The van der Waals surface area contributed by atoms with E-state index in [-0.39, 0.29) is 16.8 Å². The summed E-state index contributed by atoms with van der Waals surface area (Å²) in [5.41, 5.74) is 11.1. The van der Waals surface area contributed by atoms with Crippen molar-refractivity contribution in [1.29, 1.82) is 0 Å². The largest absolute Gasteiger partial charge is 0.381 e. The molecule has 1 rings (SSSR count). The summed E-state index contributed by atoms with van der Waals surface area (Å²) in [7, 11) is 0. The minimum Gasteiger partial charge on any atom is -0.381 e. The van der Waals surface area contributed by atoms with E-state index >= 15 is 0 Å². The van der Waals surface area contributed by atoms with Gasteiger partial charge in [0.1, 0.15) is 5.56 Å². The van der Waals surface area contributed by atoms with Crippen LogP contribution < -0.4 is 16.9 Å². The van der Waals surface area contributed by atoms with E-state index in [1.807, 2.05) is 0 Å². The summed E-state index contributed by atoms with van der Waals surface area (Å²) in [5.74, 6) is 0.258. The molecule has 0 amide bonds. The van der Waals surface area contributed by atoms with Crippen LogP contribution in [-0.2, 0) is 0 Å². The Labute approximate surface area is 67.9 Å². The van der Waals surface area contributed by atoms with Crippen LogP contribution in [0.25, 0.3) is 0 Å². The molecule has 58 valence electrons. The molecule has 0 aromatic carbocycles. The van der Waals surface area contributed by atoms with Crippen molar-refractivity contribution in [1.82, 2.24) is 10.2 Å². The lowest BCUT2D eigenvalue weighted by atomic mass is 10.3. The van der Waals surface area contributed by atoms with Gasteiger partial charge in [0, 0.05) is 0 Å². The number of amidine groups is 1. The second kappa shape index (κ2) is 2.71. The van der Waals surface area contributed by atoms with Gasteiger partial charge in [-0.2, -0.15) is 0 Å². The Hall–Kier alpha value is -1.36. The van der Waals surface area contributed by atoms with Gasteiger partial charge in [-0.15, -0.1) is 10.2 Å². The van der Waals surface area contributed by atoms with Crippen molar-refractivity contribution in [3.05, 3.63) is 16.8 Å². The molecule has 1 aromatic rings. The first-order valence-electron chi connectivity index (χ1n) is 2.78. The molecule has 0 bridgehead atoms. The standard InChI is InChI=1S/C5H6ClN5/c6-3-1-2(4(7)8)5(9)11-10-3/h1H,(H3,7,8)(H2,9,11)/p+1. The van der Waals surface area contributed by atoms with Gasteiger partial charge >= 0.3 is 0 Å². The third-order valence-electron chi connectivity index (χ3n) is 1.10. The third kappa shape index (κ3) is 1.56. The van der Waals surface area contributed by atoms with Crippen LogP contribution in [0.15, 0.2) is 6.07 Å². The summed E-state index contributed by atoms with van der Waals surface area (Å²) in [5, 5.41) is 12.5. The second-order valence-electron chi connectivity index (χ2n) is 1.92. The molecule has 5 nitrogen and oxygen atoms in total. The summed E-state index contributed by atoms with van der Waals surface area (Å²) in [4.78, 5) is 0. The molecular weight excluding hydrogens is 166 g/mol. The van der Waals surface area contributed by atoms with Gasteiger partial charge in [-0.3, -0.25) is 11.1 Å². The molecule has 0 fully saturated rings. The highest BCUT2D eigenvalue weighted by Gasteiger charge is 2.08. The van der Waals surface area contributed by atoms with Crippen molar-refractivity contribution >= 4 is 23.3 Å². The summed E-state index contributed by atoms with van der Waals surface area (Å²) in [6.07, 6.45) is 0. The fourth-order valence-electron chi connectivity index (χ4n) is 0.609. The van der Waals surface area contributed by atoms with E-state index in [0.717, 1.165) is 0 Å². The minimum absolute atomic E-state index is 0.0827. The maximum Gasteiger partial charge on any atom is 0.274 e. The first kappa shape index (κ1) is 7.74. The molecule has 0 unspecified atom stereocenters. The van der Waals surface area contributed by atoms with Crippen LogP contribution >= 0.6 is 11.6 Å². The van der Waals surface area contributed by atoms with Crippen LogP contribution in [0.1, 0.15) is 5.56 Å². The molecule has 1 aromatic heterocycles. The highest BCUT2D eigenvalue weighted by molar-refractivity contribution is 6.29. The topological polar surface area (TPSA) is 103 Å². The molecule has 0 atom stereocenters. The molecule has 0 spiro atoms. The van der Waals surface area contributed by atoms with E-state index in [0.29, 0.717) is 5.56 Å². The first-order valence-corrected chi connectivity index (χ1v) is 3.16.